The van der Waals surface area contributed by atoms with Gasteiger partial charge >= 0.3 is 0 Å². The van der Waals surface area contributed by atoms with Gasteiger partial charge in [-0.15, -0.1) is 0 Å². The molecular formula is C24H35N5O2. The maximum absolute atomic E-state index is 13.4. The molecule has 0 spiro atoms. The van der Waals surface area contributed by atoms with Gasteiger partial charge in [0.1, 0.15) is 17.9 Å². The van der Waals surface area contributed by atoms with E-state index in [9.17, 15) is 4.79 Å². The van der Waals surface area contributed by atoms with Crippen LogP contribution in [0.1, 0.15) is 56.3 Å². The number of amides is 1. The molecule has 1 atom stereocenters. The average Bonchev–Trinajstić information content (AvgIpc) is 3.13. The Kier molecular flexibility index (Phi) is 5.87. The molecule has 1 aliphatic carbocycles. The van der Waals surface area contributed by atoms with Crippen LogP contribution in [0, 0.1) is 19.8 Å². The topological polar surface area (TPSA) is 65.7 Å². The predicted molar refractivity (Wildman–Crippen MR) is 121 cm³/mol. The minimum absolute atomic E-state index is 0.0494. The summed E-state index contributed by atoms with van der Waals surface area (Å²) in [6.45, 7) is 9.52. The van der Waals surface area contributed by atoms with Crippen molar-refractivity contribution >= 4 is 22.8 Å². The fraction of sp³-hybridized carbons (Fsp3) is 0.708. The number of hydrogen-bond donors (Lipinski definition) is 0. The van der Waals surface area contributed by atoms with E-state index in [1.165, 1.54) is 32.1 Å². The van der Waals surface area contributed by atoms with Gasteiger partial charge in [-0.2, -0.15) is 0 Å². The molecule has 3 aliphatic rings. The van der Waals surface area contributed by atoms with Gasteiger partial charge in [0.25, 0.3) is 0 Å². The lowest BCUT2D eigenvalue weighted by atomic mass is 9.93. The number of anilines is 1. The maximum atomic E-state index is 13.4. The largest absolute Gasteiger partial charge is 0.443 e. The number of piperazine rings is 1. The highest BCUT2D eigenvalue weighted by Gasteiger charge is 2.33. The molecule has 4 heterocycles. The molecule has 0 radical (unpaired) electrons. The number of hydrogen-bond acceptors (Lipinski definition) is 6. The third-order valence-electron chi connectivity index (χ3n) is 7.73. The Morgan fingerprint density at radius 1 is 0.968 bits per heavy atom. The van der Waals surface area contributed by atoms with Crippen molar-refractivity contribution in [3.8, 4) is 0 Å². The van der Waals surface area contributed by atoms with Crippen LogP contribution in [0.2, 0.25) is 0 Å². The van der Waals surface area contributed by atoms with Gasteiger partial charge in [0.2, 0.25) is 11.6 Å². The van der Waals surface area contributed by atoms with Gasteiger partial charge in [-0.3, -0.25) is 9.69 Å². The molecular weight excluding hydrogens is 390 g/mol. The van der Waals surface area contributed by atoms with Crippen molar-refractivity contribution in [2.45, 2.75) is 64.8 Å². The summed E-state index contributed by atoms with van der Waals surface area (Å²) in [5.41, 5.74) is 1.74. The standard InChI is InChI=1S/C24H35N5O2/c1-17-18(2)31-23-21(17)22(25-16-26-23)29-10-6-7-19(15-29)24(30)28-13-11-27(12-14-28)20-8-4-3-5-9-20/h16,19-20H,3-15H2,1-2H3. The molecule has 1 saturated carbocycles. The molecule has 7 heteroatoms. The van der Waals surface area contributed by atoms with Crippen molar-refractivity contribution in [1.82, 2.24) is 19.8 Å². The van der Waals surface area contributed by atoms with E-state index >= 15 is 0 Å². The van der Waals surface area contributed by atoms with Crippen molar-refractivity contribution in [2.75, 3.05) is 44.2 Å². The molecule has 0 N–H and O–H groups in total. The second-order valence-electron chi connectivity index (χ2n) is 9.60. The first-order valence-electron chi connectivity index (χ1n) is 12.1. The molecule has 2 aliphatic heterocycles. The summed E-state index contributed by atoms with van der Waals surface area (Å²) >= 11 is 0. The molecule has 2 aromatic heterocycles. The van der Waals surface area contributed by atoms with Crippen LogP contribution in [-0.4, -0.2) is 71.0 Å². The van der Waals surface area contributed by atoms with Gasteiger partial charge in [0, 0.05) is 50.9 Å². The smallest absolute Gasteiger partial charge is 0.231 e. The Bertz CT molecular complexity index is 927. The lowest BCUT2D eigenvalue weighted by Crippen LogP contribution is -2.54. The number of carbonyl (C=O) groups is 1. The van der Waals surface area contributed by atoms with Crippen molar-refractivity contribution < 1.29 is 9.21 Å². The zero-order valence-corrected chi connectivity index (χ0v) is 19.0. The maximum Gasteiger partial charge on any atom is 0.231 e. The van der Waals surface area contributed by atoms with Crippen LogP contribution in [0.3, 0.4) is 0 Å². The first-order valence-corrected chi connectivity index (χ1v) is 12.1. The van der Waals surface area contributed by atoms with E-state index in [0.29, 0.717) is 11.6 Å². The molecule has 0 bridgehead atoms. The first-order chi connectivity index (χ1) is 15.1. The number of rotatable bonds is 3. The Morgan fingerprint density at radius 2 is 1.74 bits per heavy atom. The first kappa shape index (κ1) is 20.7. The van der Waals surface area contributed by atoms with E-state index < -0.39 is 0 Å². The van der Waals surface area contributed by atoms with E-state index in [2.05, 4.69) is 31.6 Å². The highest BCUT2D eigenvalue weighted by Crippen LogP contribution is 2.33. The summed E-state index contributed by atoms with van der Waals surface area (Å²) in [6.07, 6.45) is 10.4. The number of carbonyl (C=O) groups excluding carboxylic acids is 1. The average molecular weight is 426 g/mol. The third kappa shape index (κ3) is 4.04. The van der Waals surface area contributed by atoms with E-state index in [-0.39, 0.29) is 5.92 Å². The van der Waals surface area contributed by atoms with Crippen LogP contribution >= 0.6 is 0 Å². The highest BCUT2D eigenvalue weighted by molar-refractivity contribution is 5.90. The van der Waals surface area contributed by atoms with Crippen LogP contribution in [0.25, 0.3) is 11.1 Å². The van der Waals surface area contributed by atoms with Gasteiger partial charge in [-0.25, -0.2) is 9.97 Å². The van der Waals surface area contributed by atoms with Crippen molar-refractivity contribution in [2.24, 2.45) is 5.92 Å². The zero-order valence-electron chi connectivity index (χ0n) is 19.0. The van der Waals surface area contributed by atoms with Crippen LogP contribution in [0.4, 0.5) is 5.82 Å². The summed E-state index contributed by atoms with van der Waals surface area (Å²) in [5.74, 6) is 2.18. The van der Waals surface area contributed by atoms with Gasteiger partial charge in [0.05, 0.1) is 11.3 Å². The van der Waals surface area contributed by atoms with Crippen LogP contribution in [0.15, 0.2) is 10.7 Å². The Hall–Kier alpha value is -2.15. The van der Waals surface area contributed by atoms with E-state index in [1.54, 1.807) is 6.33 Å². The number of furan rings is 1. The summed E-state index contributed by atoms with van der Waals surface area (Å²) in [6, 6.07) is 0.748. The molecule has 1 amide bonds. The Morgan fingerprint density at radius 3 is 2.52 bits per heavy atom. The molecule has 7 nitrogen and oxygen atoms in total. The minimum Gasteiger partial charge on any atom is -0.443 e. The van der Waals surface area contributed by atoms with Gasteiger partial charge in [-0.05, 0) is 39.5 Å². The van der Waals surface area contributed by atoms with Crippen molar-refractivity contribution in [3.63, 3.8) is 0 Å². The highest BCUT2D eigenvalue weighted by atomic mass is 16.3. The third-order valence-corrected chi connectivity index (χ3v) is 7.73. The molecule has 1 unspecified atom stereocenters. The molecule has 2 aromatic rings. The molecule has 5 rings (SSSR count). The van der Waals surface area contributed by atoms with E-state index in [1.807, 2.05) is 6.92 Å². The Balaban J connectivity index is 1.24. The predicted octanol–water partition coefficient (Wildman–Crippen LogP) is 3.53. The van der Waals surface area contributed by atoms with E-state index in [4.69, 9.17) is 4.42 Å². The van der Waals surface area contributed by atoms with Gasteiger partial charge in [0.15, 0.2) is 0 Å². The molecule has 168 valence electrons. The second kappa shape index (κ2) is 8.77. The second-order valence-corrected chi connectivity index (χ2v) is 9.60. The summed E-state index contributed by atoms with van der Waals surface area (Å²) in [7, 11) is 0. The van der Waals surface area contributed by atoms with Crippen LogP contribution < -0.4 is 4.90 Å². The van der Waals surface area contributed by atoms with Crippen molar-refractivity contribution in [1.29, 1.82) is 0 Å². The monoisotopic (exact) mass is 425 g/mol. The van der Waals surface area contributed by atoms with Gasteiger partial charge < -0.3 is 14.2 Å². The molecule has 0 aromatic carbocycles. The zero-order chi connectivity index (χ0) is 21.4. The summed E-state index contributed by atoms with van der Waals surface area (Å²) in [4.78, 5) is 29.3. The van der Waals surface area contributed by atoms with Crippen LogP contribution in [-0.2, 0) is 4.79 Å². The molecule has 31 heavy (non-hydrogen) atoms. The number of aromatic nitrogens is 2. The SMILES string of the molecule is Cc1oc2ncnc(N3CCCC(C(=O)N4CCN(C5CCCCC5)CC4)C3)c2c1C. The lowest BCUT2D eigenvalue weighted by Gasteiger charge is -2.42. The fourth-order valence-corrected chi connectivity index (χ4v) is 5.79. The Labute approximate surface area is 184 Å². The molecule has 2 saturated heterocycles. The quantitative estimate of drug-likeness (QED) is 0.750. The lowest BCUT2D eigenvalue weighted by molar-refractivity contribution is -0.138. The summed E-state index contributed by atoms with van der Waals surface area (Å²) in [5, 5.41) is 0.995. The van der Waals surface area contributed by atoms with Crippen LogP contribution in [0.5, 0.6) is 0 Å². The molecule has 3 fully saturated rings. The number of piperidine rings is 1. The normalized spacial score (nSPS) is 24.1. The van der Waals surface area contributed by atoms with E-state index in [0.717, 1.165) is 80.7 Å². The summed E-state index contributed by atoms with van der Waals surface area (Å²) < 4.78 is 5.80. The van der Waals surface area contributed by atoms with Gasteiger partial charge in [-0.1, -0.05) is 19.3 Å². The van der Waals surface area contributed by atoms with Crippen molar-refractivity contribution in [3.05, 3.63) is 17.7 Å². The fourth-order valence-electron chi connectivity index (χ4n) is 5.79. The number of fused-ring (bicyclic) bond motifs is 1. The number of nitrogens with zero attached hydrogens (tertiary/aromatic N) is 5. The number of aryl methyl sites for hydroxylation is 2. The minimum atomic E-state index is 0.0494.